The highest BCUT2D eigenvalue weighted by Crippen LogP contribution is 2.63. The van der Waals surface area contributed by atoms with Crippen molar-refractivity contribution >= 4 is 5.91 Å². The number of nitriles is 2. The van der Waals surface area contributed by atoms with Crippen LogP contribution in [0.25, 0.3) is 0 Å². The number of benzene rings is 1. The average Bonchev–Trinajstić information content (AvgIpc) is 3.00. The van der Waals surface area contributed by atoms with Crippen molar-refractivity contribution in [3.05, 3.63) is 35.6 Å². The summed E-state index contributed by atoms with van der Waals surface area (Å²) in [4.78, 5) is 11.2. The van der Waals surface area contributed by atoms with Gasteiger partial charge < -0.3 is 5.73 Å². The Morgan fingerprint density at radius 2 is 1.82 bits per heavy atom. The molecule has 1 saturated carbocycles. The van der Waals surface area contributed by atoms with E-state index in [1.165, 1.54) is 24.3 Å². The zero-order valence-electron chi connectivity index (χ0n) is 8.72. The fraction of sp³-hybridized carbons (Fsp3) is 0.250. The number of amides is 1. The summed E-state index contributed by atoms with van der Waals surface area (Å²) in [5, 5.41) is 18.0. The number of hydrogen-bond donors (Lipinski definition) is 1. The molecule has 0 aliphatic heterocycles. The van der Waals surface area contributed by atoms with Gasteiger partial charge in [0.25, 0.3) is 0 Å². The summed E-state index contributed by atoms with van der Waals surface area (Å²) in [6.45, 7) is 0. The first kappa shape index (κ1) is 11.1. The van der Waals surface area contributed by atoms with Crippen LogP contribution in [0.2, 0.25) is 0 Å². The van der Waals surface area contributed by atoms with E-state index in [2.05, 4.69) is 0 Å². The second kappa shape index (κ2) is 3.57. The SMILES string of the molecule is N#CC1(C#N)[C@H](C(N)=O)[C@H]1c1ccc(F)cc1. The van der Waals surface area contributed by atoms with Crippen molar-refractivity contribution in [1.82, 2.24) is 0 Å². The van der Waals surface area contributed by atoms with Gasteiger partial charge in [-0.3, -0.25) is 4.79 Å². The Balaban J connectivity index is 2.41. The van der Waals surface area contributed by atoms with E-state index in [9.17, 15) is 9.18 Å². The molecule has 0 radical (unpaired) electrons. The molecule has 5 heteroatoms. The molecule has 4 nitrogen and oxygen atoms in total. The molecule has 1 fully saturated rings. The van der Waals surface area contributed by atoms with E-state index in [0.29, 0.717) is 5.56 Å². The topological polar surface area (TPSA) is 90.7 Å². The third kappa shape index (κ3) is 1.44. The van der Waals surface area contributed by atoms with Gasteiger partial charge in [0.2, 0.25) is 5.91 Å². The summed E-state index contributed by atoms with van der Waals surface area (Å²) in [6, 6.07) is 9.07. The molecule has 0 unspecified atom stereocenters. The zero-order chi connectivity index (χ0) is 12.6. The quantitative estimate of drug-likeness (QED) is 0.821. The highest BCUT2D eigenvalue weighted by Gasteiger charge is 2.70. The van der Waals surface area contributed by atoms with Gasteiger partial charge in [0.1, 0.15) is 5.82 Å². The lowest BCUT2D eigenvalue weighted by atomic mass is 10.0. The number of halogens is 1. The Hall–Kier alpha value is -2.40. The third-order valence-corrected chi connectivity index (χ3v) is 3.11. The highest BCUT2D eigenvalue weighted by atomic mass is 19.1. The predicted octanol–water partition coefficient (Wildman–Crippen LogP) is 1.06. The molecule has 1 aliphatic rings. The molecule has 1 aromatic carbocycles. The lowest BCUT2D eigenvalue weighted by Gasteiger charge is -1.98. The number of hydrogen-bond acceptors (Lipinski definition) is 3. The number of nitrogens with two attached hydrogens (primary N) is 1. The molecular formula is C12H8FN3O. The minimum atomic E-state index is -1.40. The van der Waals surface area contributed by atoms with Crippen molar-refractivity contribution in [2.75, 3.05) is 0 Å². The molecule has 0 spiro atoms. The fourth-order valence-electron chi connectivity index (χ4n) is 2.21. The van der Waals surface area contributed by atoms with Crippen LogP contribution in [-0.4, -0.2) is 5.91 Å². The molecule has 0 heterocycles. The van der Waals surface area contributed by atoms with Gasteiger partial charge in [-0.1, -0.05) is 12.1 Å². The van der Waals surface area contributed by atoms with Gasteiger partial charge in [0, 0.05) is 5.92 Å². The van der Waals surface area contributed by atoms with Gasteiger partial charge in [0.15, 0.2) is 5.41 Å². The Morgan fingerprint density at radius 1 is 1.29 bits per heavy atom. The molecule has 84 valence electrons. The van der Waals surface area contributed by atoms with Crippen molar-refractivity contribution in [2.45, 2.75) is 5.92 Å². The van der Waals surface area contributed by atoms with Gasteiger partial charge in [-0.15, -0.1) is 0 Å². The molecule has 1 amide bonds. The van der Waals surface area contributed by atoms with Crippen LogP contribution in [0.1, 0.15) is 11.5 Å². The number of carbonyl (C=O) groups is 1. The highest BCUT2D eigenvalue weighted by molar-refractivity contribution is 5.85. The molecule has 1 aromatic rings. The normalized spacial score (nSPS) is 24.4. The van der Waals surface area contributed by atoms with Crippen molar-refractivity contribution < 1.29 is 9.18 Å². The summed E-state index contributed by atoms with van der Waals surface area (Å²) in [5.74, 6) is -2.47. The van der Waals surface area contributed by atoms with Crippen molar-refractivity contribution in [1.29, 1.82) is 10.5 Å². The molecule has 1 aliphatic carbocycles. The van der Waals surface area contributed by atoms with Gasteiger partial charge in [-0.25, -0.2) is 4.39 Å². The number of primary amides is 1. The largest absolute Gasteiger partial charge is 0.369 e. The first-order chi connectivity index (χ1) is 8.06. The summed E-state index contributed by atoms with van der Waals surface area (Å²) < 4.78 is 12.8. The van der Waals surface area contributed by atoms with E-state index in [1.807, 2.05) is 12.1 Å². The molecule has 0 bridgehead atoms. The first-order valence-corrected chi connectivity index (χ1v) is 4.94. The lowest BCUT2D eigenvalue weighted by Crippen LogP contribution is -2.17. The molecule has 2 N–H and O–H groups in total. The van der Waals surface area contributed by atoms with Gasteiger partial charge in [-0.05, 0) is 17.7 Å². The molecule has 2 rings (SSSR count). The van der Waals surface area contributed by atoms with E-state index in [0.717, 1.165) is 0 Å². The van der Waals surface area contributed by atoms with Gasteiger partial charge in [-0.2, -0.15) is 10.5 Å². The standard InChI is InChI=1S/C12H8FN3O/c13-8-3-1-7(2-4-8)9-10(11(16)17)12(9,5-14)6-15/h1-4,9-10H,(H2,16,17)/t9-,10+/m1/s1. The molecule has 0 aromatic heterocycles. The van der Waals surface area contributed by atoms with Crippen LogP contribution in [0.5, 0.6) is 0 Å². The summed E-state index contributed by atoms with van der Waals surface area (Å²) in [6.07, 6.45) is 0. The van der Waals surface area contributed by atoms with Crippen LogP contribution in [-0.2, 0) is 4.79 Å². The monoisotopic (exact) mass is 229 g/mol. The van der Waals surface area contributed by atoms with Crippen LogP contribution >= 0.6 is 0 Å². The average molecular weight is 229 g/mol. The smallest absolute Gasteiger partial charge is 0.223 e. The van der Waals surface area contributed by atoms with Crippen LogP contribution < -0.4 is 5.73 Å². The summed E-state index contributed by atoms with van der Waals surface area (Å²) in [7, 11) is 0. The number of nitrogens with zero attached hydrogens (tertiary/aromatic N) is 2. The summed E-state index contributed by atoms with van der Waals surface area (Å²) >= 11 is 0. The maximum absolute atomic E-state index is 12.8. The summed E-state index contributed by atoms with van der Waals surface area (Å²) in [5.41, 5.74) is 4.35. The minimum absolute atomic E-state index is 0.412. The Bertz CT molecular complexity index is 539. The second-order valence-electron chi connectivity index (χ2n) is 4.00. The van der Waals surface area contributed by atoms with Crippen LogP contribution in [0.4, 0.5) is 4.39 Å². The van der Waals surface area contributed by atoms with E-state index in [-0.39, 0.29) is 0 Å². The van der Waals surface area contributed by atoms with E-state index in [1.54, 1.807) is 0 Å². The Morgan fingerprint density at radius 3 is 2.18 bits per heavy atom. The Labute approximate surface area is 97.1 Å². The van der Waals surface area contributed by atoms with E-state index < -0.39 is 29.0 Å². The van der Waals surface area contributed by atoms with Crippen molar-refractivity contribution in [2.24, 2.45) is 17.1 Å². The van der Waals surface area contributed by atoms with Gasteiger partial charge in [0.05, 0.1) is 18.1 Å². The van der Waals surface area contributed by atoms with E-state index >= 15 is 0 Å². The predicted molar refractivity (Wildman–Crippen MR) is 55.5 cm³/mol. The number of rotatable bonds is 2. The number of carbonyl (C=O) groups excluding carboxylic acids is 1. The molecule has 0 saturated heterocycles. The van der Waals surface area contributed by atoms with Crippen molar-refractivity contribution in [3.63, 3.8) is 0 Å². The third-order valence-electron chi connectivity index (χ3n) is 3.11. The maximum Gasteiger partial charge on any atom is 0.223 e. The van der Waals surface area contributed by atoms with Crippen LogP contribution in [0, 0.1) is 39.8 Å². The van der Waals surface area contributed by atoms with E-state index in [4.69, 9.17) is 16.3 Å². The lowest BCUT2D eigenvalue weighted by molar-refractivity contribution is -0.119. The van der Waals surface area contributed by atoms with Gasteiger partial charge >= 0.3 is 0 Å². The molecular weight excluding hydrogens is 221 g/mol. The van der Waals surface area contributed by atoms with Crippen LogP contribution in [0.15, 0.2) is 24.3 Å². The molecule has 17 heavy (non-hydrogen) atoms. The zero-order valence-corrected chi connectivity index (χ0v) is 8.72. The van der Waals surface area contributed by atoms with Crippen molar-refractivity contribution in [3.8, 4) is 12.1 Å². The minimum Gasteiger partial charge on any atom is -0.369 e. The second-order valence-corrected chi connectivity index (χ2v) is 4.00. The fourth-order valence-corrected chi connectivity index (χ4v) is 2.21. The van der Waals surface area contributed by atoms with Crippen LogP contribution in [0.3, 0.4) is 0 Å². The molecule has 2 atom stereocenters. The Kier molecular flexibility index (Phi) is 2.33. The first-order valence-electron chi connectivity index (χ1n) is 4.94. The maximum atomic E-state index is 12.8.